The fraction of sp³-hybridized carbons (Fsp3) is 0.647. The Hall–Kier alpha value is -0.640. The summed E-state index contributed by atoms with van der Waals surface area (Å²) < 4.78 is 13.6. The van der Waals surface area contributed by atoms with Crippen molar-refractivity contribution >= 4 is 11.6 Å². The highest BCUT2D eigenvalue weighted by Crippen LogP contribution is 2.36. The molecule has 1 aromatic rings. The zero-order valence-corrected chi connectivity index (χ0v) is 14.0. The van der Waals surface area contributed by atoms with E-state index in [1.165, 1.54) is 18.9 Å². The predicted octanol–water partition coefficient (Wildman–Crippen LogP) is 4.24. The number of nitrogens with two attached hydrogens (primary N) is 1. The van der Waals surface area contributed by atoms with Gasteiger partial charge in [-0.2, -0.15) is 0 Å². The van der Waals surface area contributed by atoms with Crippen molar-refractivity contribution in [2.45, 2.75) is 39.7 Å². The number of likely N-dealkylation sites (tertiary alicyclic amines) is 1. The Bertz CT molecular complexity index is 456. The number of nitrogens with zero attached hydrogens (tertiary/aromatic N) is 1. The number of rotatable bonds is 3. The van der Waals surface area contributed by atoms with Gasteiger partial charge in [0, 0.05) is 17.6 Å². The summed E-state index contributed by atoms with van der Waals surface area (Å²) in [5.74, 6) is 0.448. The molecule has 4 heteroatoms. The Morgan fingerprint density at radius 1 is 1.29 bits per heavy atom. The average molecular weight is 313 g/mol. The number of halogens is 2. The van der Waals surface area contributed by atoms with Crippen LogP contribution in [0.4, 0.5) is 4.39 Å². The molecule has 1 saturated heterocycles. The molecular formula is C17H26ClFN2. The molecule has 0 aliphatic carbocycles. The monoisotopic (exact) mass is 312 g/mol. The van der Waals surface area contributed by atoms with Crippen LogP contribution in [0.2, 0.25) is 5.02 Å². The molecular weight excluding hydrogens is 287 g/mol. The predicted molar refractivity (Wildman–Crippen MR) is 87.0 cm³/mol. The summed E-state index contributed by atoms with van der Waals surface area (Å²) in [6.07, 6.45) is 2.34. The smallest absolute Gasteiger partial charge is 0.125 e. The van der Waals surface area contributed by atoms with E-state index < -0.39 is 0 Å². The largest absolute Gasteiger partial charge is 0.329 e. The van der Waals surface area contributed by atoms with E-state index in [0.29, 0.717) is 17.0 Å². The average Bonchev–Trinajstić information content (AvgIpc) is 2.38. The zero-order valence-electron chi connectivity index (χ0n) is 13.2. The van der Waals surface area contributed by atoms with E-state index in [9.17, 15) is 4.39 Å². The number of benzene rings is 1. The number of hydrogen-bond donors (Lipinski definition) is 1. The first-order valence-electron chi connectivity index (χ1n) is 7.71. The molecule has 1 aliphatic heterocycles. The normalized spacial score (nSPS) is 19.7. The molecule has 1 aliphatic rings. The molecule has 0 bridgehead atoms. The Morgan fingerprint density at radius 2 is 1.90 bits per heavy atom. The van der Waals surface area contributed by atoms with Crippen LogP contribution in [0, 0.1) is 17.2 Å². The molecule has 1 unspecified atom stereocenters. The highest BCUT2D eigenvalue weighted by Gasteiger charge is 2.31. The lowest BCUT2D eigenvalue weighted by Gasteiger charge is -2.41. The molecule has 0 saturated carbocycles. The highest BCUT2D eigenvalue weighted by molar-refractivity contribution is 6.30. The van der Waals surface area contributed by atoms with Crippen molar-refractivity contribution in [3.8, 4) is 0 Å². The van der Waals surface area contributed by atoms with Gasteiger partial charge in [0.1, 0.15) is 5.82 Å². The first kappa shape index (κ1) is 16.7. The standard InChI is InChI=1S/C17H26ClFN2/c1-17(2,3)13-4-6-21(7-5-13)16(11-20)12-8-14(18)10-15(19)9-12/h8-10,13,16H,4-7,11,20H2,1-3H3. The summed E-state index contributed by atoms with van der Waals surface area (Å²) in [5, 5.41) is 0.438. The Morgan fingerprint density at radius 3 is 2.38 bits per heavy atom. The molecule has 1 atom stereocenters. The van der Waals surface area contributed by atoms with Crippen molar-refractivity contribution in [3.63, 3.8) is 0 Å². The van der Waals surface area contributed by atoms with Crippen molar-refractivity contribution in [2.24, 2.45) is 17.1 Å². The number of hydrogen-bond acceptors (Lipinski definition) is 2. The molecule has 0 aromatic heterocycles. The Balaban J connectivity index is 2.09. The van der Waals surface area contributed by atoms with Gasteiger partial charge in [-0.3, -0.25) is 4.90 Å². The minimum atomic E-state index is -0.291. The molecule has 2 nitrogen and oxygen atoms in total. The van der Waals surface area contributed by atoms with Crippen LogP contribution in [-0.2, 0) is 0 Å². The lowest BCUT2D eigenvalue weighted by atomic mass is 9.75. The summed E-state index contributed by atoms with van der Waals surface area (Å²) in [7, 11) is 0. The van der Waals surface area contributed by atoms with Crippen LogP contribution in [0.15, 0.2) is 18.2 Å². The molecule has 0 radical (unpaired) electrons. The summed E-state index contributed by atoms with van der Waals surface area (Å²) in [5.41, 5.74) is 7.19. The van der Waals surface area contributed by atoms with Crippen molar-refractivity contribution in [2.75, 3.05) is 19.6 Å². The van der Waals surface area contributed by atoms with Gasteiger partial charge in [0.2, 0.25) is 0 Å². The summed E-state index contributed by atoms with van der Waals surface area (Å²) >= 11 is 5.97. The maximum atomic E-state index is 13.6. The Labute approximate surface area is 132 Å². The fourth-order valence-corrected chi connectivity index (χ4v) is 3.57. The van der Waals surface area contributed by atoms with Gasteiger partial charge in [0.05, 0.1) is 0 Å². The van der Waals surface area contributed by atoms with Crippen LogP contribution in [0.1, 0.15) is 45.2 Å². The second-order valence-electron chi connectivity index (χ2n) is 7.13. The third kappa shape index (κ3) is 4.18. The van der Waals surface area contributed by atoms with Crippen molar-refractivity contribution in [1.82, 2.24) is 4.90 Å². The molecule has 118 valence electrons. The molecule has 1 fully saturated rings. The molecule has 0 amide bonds. The van der Waals surface area contributed by atoms with E-state index in [-0.39, 0.29) is 11.9 Å². The molecule has 21 heavy (non-hydrogen) atoms. The summed E-state index contributed by atoms with van der Waals surface area (Å²) in [6, 6.07) is 4.78. The van der Waals surface area contributed by atoms with Crippen LogP contribution >= 0.6 is 11.6 Å². The maximum absolute atomic E-state index is 13.6. The fourth-order valence-electron chi connectivity index (χ4n) is 3.34. The maximum Gasteiger partial charge on any atom is 0.125 e. The van der Waals surface area contributed by atoms with E-state index in [1.807, 2.05) is 6.07 Å². The van der Waals surface area contributed by atoms with Crippen LogP contribution in [0.25, 0.3) is 0 Å². The summed E-state index contributed by atoms with van der Waals surface area (Å²) in [6.45, 7) is 9.43. The van der Waals surface area contributed by atoms with Gasteiger partial charge < -0.3 is 5.73 Å². The van der Waals surface area contributed by atoms with E-state index in [0.717, 1.165) is 24.6 Å². The first-order valence-corrected chi connectivity index (χ1v) is 8.09. The van der Waals surface area contributed by atoms with Crippen molar-refractivity contribution in [1.29, 1.82) is 0 Å². The van der Waals surface area contributed by atoms with Gasteiger partial charge in [-0.25, -0.2) is 4.39 Å². The Kier molecular flexibility index (Phi) is 5.29. The lowest BCUT2D eigenvalue weighted by molar-refractivity contribution is 0.0845. The molecule has 1 heterocycles. The van der Waals surface area contributed by atoms with Crippen LogP contribution in [0.3, 0.4) is 0 Å². The summed E-state index contributed by atoms with van der Waals surface area (Å²) in [4.78, 5) is 2.37. The zero-order chi connectivity index (χ0) is 15.6. The van der Waals surface area contributed by atoms with Gasteiger partial charge in [0.15, 0.2) is 0 Å². The van der Waals surface area contributed by atoms with E-state index in [2.05, 4.69) is 25.7 Å². The second kappa shape index (κ2) is 6.64. The third-order valence-electron chi connectivity index (χ3n) is 4.69. The van der Waals surface area contributed by atoms with Gasteiger partial charge in [-0.05, 0) is 61.0 Å². The van der Waals surface area contributed by atoms with Gasteiger partial charge in [-0.15, -0.1) is 0 Å². The lowest BCUT2D eigenvalue weighted by Crippen LogP contribution is -2.42. The van der Waals surface area contributed by atoms with Crippen LogP contribution in [-0.4, -0.2) is 24.5 Å². The SMILES string of the molecule is CC(C)(C)C1CCN(C(CN)c2cc(F)cc(Cl)c2)CC1. The topological polar surface area (TPSA) is 29.3 Å². The molecule has 0 spiro atoms. The van der Waals surface area contributed by atoms with Crippen molar-refractivity contribution in [3.05, 3.63) is 34.6 Å². The quantitative estimate of drug-likeness (QED) is 0.904. The van der Waals surface area contributed by atoms with E-state index in [4.69, 9.17) is 17.3 Å². The van der Waals surface area contributed by atoms with Crippen molar-refractivity contribution < 1.29 is 4.39 Å². The van der Waals surface area contributed by atoms with Gasteiger partial charge in [-0.1, -0.05) is 32.4 Å². The minimum absolute atomic E-state index is 0.0547. The van der Waals surface area contributed by atoms with E-state index >= 15 is 0 Å². The van der Waals surface area contributed by atoms with E-state index in [1.54, 1.807) is 6.07 Å². The molecule has 2 rings (SSSR count). The number of piperidine rings is 1. The second-order valence-corrected chi connectivity index (χ2v) is 7.57. The van der Waals surface area contributed by atoms with Gasteiger partial charge >= 0.3 is 0 Å². The minimum Gasteiger partial charge on any atom is -0.329 e. The molecule has 2 N–H and O–H groups in total. The third-order valence-corrected chi connectivity index (χ3v) is 4.91. The van der Waals surface area contributed by atoms with Crippen LogP contribution < -0.4 is 5.73 Å². The highest BCUT2D eigenvalue weighted by atomic mass is 35.5. The first-order chi connectivity index (χ1) is 9.81. The van der Waals surface area contributed by atoms with Crippen LogP contribution in [0.5, 0.6) is 0 Å². The molecule has 1 aromatic carbocycles. The van der Waals surface area contributed by atoms with Gasteiger partial charge in [0.25, 0.3) is 0 Å².